The van der Waals surface area contributed by atoms with Gasteiger partial charge >= 0.3 is 5.97 Å². The summed E-state index contributed by atoms with van der Waals surface area (Å²) in [6, 6.07) is 1.55. The monoisotopic (exact) mass is 230 g/mol. The normalized spacial score (nSPS) is 9.50. The van der Waals surface area contributed by atoms with Gasteiger partial charge in [-0.15, -0.1) is 0 Å². The summed E-state index contributed by atoms with van der Waals surface area (Å²) in [5.41, 5.74) is 5.74. The Morgan fingerprint density at radius 2 is 2.42 bits per heavy atom. The lowest BCUT2D eigenvalue weighted by atomic mass is 10.3. The van der Waals surface area contributed by atoms with E-state index in [1.165, 1.54) is 13.3 Å². The molecule has 1 aromatic heterocycles. The van der Waals surface area contributed by atoms with Crippen molar-refractivity contribution >= 4 is 27.7 Å². The highest BCUT2D eigenvalue weighted by atomic mass is 79.9. The average Bonchev–Trinajstić information content (AvgIpc) is 2.03. The number of methoxy groups -OCH3 is 1. The van der Waals surface area contributed by atoms with E-state index in [0.29, 0.717) is 15.9 Å². The maximum atomic E-state index is 11.0. The summed E-state index contributed by atoms with van der Waals surface area (Å²) in [4.78, 5) is 14.8. The number of hydrogen-bond donors (Lipinski definition) is 1. The van der Waals surface area contributed by atoms with Crippen LogP contribution in [0.5, 0.6) is 0 Å². The van der Waals surface area contributed by atoms with E-state index in [1.54, 1.807) is 6.07 Å². The smallest absolute Gasteiger partial charge is 0.340 e. The van der Waals surface area contributed by atoms with Crippen molar-refractivity contribution in [2.75, 3.05) is 12.8 Å². The van der Waals surface area contributed by atoms with Crippen molar-refractivity contribution in [3.8, 4) is 0 Å². The first-order valence-corrected chi connectivity index (χ1v) is 3.93. The Balaban J connectivity index is 3.09. The predicted octanol–water partition coefficient (Wildman–Crippen LogP) is 1.21. The molecule has 0 aromatic carbocycles. The number of carbonyl (C=O) groups is 1. The Kier molecular flexibility index (Phi) is 2.65. The first-order valence-electron chi connectivity index (χ1n) is 3.14. The molecule has 0 saturated carbocycles. The van der Waals surface area contributed by atoms with Gasteiger partial charge in [0.15, 0.2) is 0 Å². The lowest BCUT2D eigenvalue weighted by molar-refractivity contribution is 0.0599. The van der Waals surface area contributed by atoms with Crippen LogP contribution in [-0.4, -0.2) is 18.1 Å². The molecule has 12 heavy (non-hydrogen) atoms. The van der Waals surface area contributed by atoms with E-state index in [2.05, 4.69) is 25.7 Å². The highest BCUT2D eigenvalue weighted by Gasteiger charge is 2.10. The van der Waals surface area contributed by atoms with Gasteiger partial charge in [-0.2, -0.15) is 0 Å². The number of nitrogen functional groups attached to an aromatic ring is 1. The second kappa shape index (κ2) is 3.53. The first kappa shape index (κ1) is 8.99. The van der Waals surface area contributed by atoms with Crippen molar-refractivity contribution < 1.29 is 9.53 Å². The minimum atomic E-state index is -0.436. The Bertz CT molecular complexity index is 314. The van der Waals surface area contributed by atoms with Crippen LogP contribution < -0.4 is 5.73 Å². The van der Waals surface area contributed by atoms with Crippen LogP contribution in [0.25, 0.3) is 0 Å². The Labute approximate surface area is 77.9 Å². The van der Waals surface area contributed by atoms with E-state index in [4.69, 9.17) is 5.73 Å². The molecule has 0 bridgehead atoms. The summed E-state index contributed by atoms with van der Waals surface area (Å²) >= 11 is 3.17. The largest absolute Gasteiger partial charge is 0.465 e. The zero-order valence-corrected chi connectivity index (χ0v) is 7.96. The van der Waals surface area contributed by atoms with E-state index in [9.17, 15) is 4.79 Å². The molecule has 0 spiro atoms. The highest BCUT2D eigenvalue weighted by molar-refractivity contribution is 9.10. The molecule has 1 rings (SSSR count). The van der Waals surface area contributed by atoms with Crippen LogP contribution in [0.4, 0.5) is 5.82 Å². The minimum absolute atomic E-state index is 0.356. The second-order valence-corrected chi connectivity index (χ2v) is 2.93. The Hall–Kier alpha value is -1.10. The average molecular weight is 231 g/mol. The van der Waals surface area contributed by atoms with Crippen LogP contribution in [0, 0.1) is 0 Å². The van der Waals surface area contributed by atoms with Crippen LogP contribution in [0.1, 0.15) is 10.4 Å². The lowest BCUT2D eigenvalue weighted by Gasteiger charge is -2.01. The van der Waals surface area contributed by atoms with E-state index in [-0.39, 0.29) is 0 Å². The molecule has 0 aliphatic heterocycles. The van der Waals surface area contributed by atoms with Gasteiger partial charge in [-0.05, 0) is 22.0 Å². The summed E-state index contributed by atoms with van der Waals surface area (Å²) in [5, 5.41) is 0. The molecule has 64 valence electrons. The number of anilines is 1. The predicted molar refractivity (Wildman–Crippen MR) is 47.7 cm³/mol. The fourth-order valence-corrected chi connectivity index (χ4v) is 1.20. The molecule has 0 unspecified atom stereocenters. The van der Waals surface area contributed by atoms with Gasteiger partial charge in [0.1, 0.15) is 5.82 Å². The number of halogens is 1. The number of pyridine rings is 1. The molecular weight excluding hydrogens is 224 g/mol. The number of carbonyl (C=O) groups excluding carboxylic acids is 1. The summed E-state index contributed by atoms with van der Waals surface area (Å²) in [6.07, 6.45) is 1.37. The number of aromatic nitrogens is 1. The maximum absolute atomic E-state index is 11.0. The first-order chi connectivity index (χ1) is 5.65. The summed E-state index contributed by atoms with van der Waals surface area (Å²) in [5.74, 6) is -0.0797. The second-order valence-electron chi connectivity index (χ2n) is 2.08. The van der Waals surface area contributed by atoms with Gasteiger partial charge < -0.3 is 10.5 Å². The van der Waals surface area contributed by atoms with Gasteiger partial charge in [0, 0.05) is 10.7 Å². The van der Waals surface area contributed by atoms with Crippen molar-refractivity contribution in [2.45, 2.75) is 0 Å². The topological polar surface area (TPSA) is 65.2 Å². The zero-order valence-electron chi connectivity index (χ0n) is 6.37. The van der Waals surface area contributed by atoms with E-state index in [1.807, 2.05) is 0 Å². The number of rotatable bonds is 1. The standard InChI is InChI=1S/C7H7BrN2O2/c1-12-7(11)4-3-10-6(9)2-5(4)8/h2-3H,1H3,(H2,9,10). The number of ether oxygens (including phenoxy) is 1. The molecule has 5 heteroatoms. The van der Waals surface area contributed by atoms with Crippen molar-refractivity contribution in [3.63, 3.8) is 0 Å². The molecule has 2 N–H and O–H groups in total. The van der Waals surface area contributed by atoms with Crippen LogP contribution >= 0.6 is 15.9 Å². The molecule has 0 radical (unpaired) electrons. The molecule has 0 atom stereocenters. The van der Waals surface area contributed by atoms with E-state index >= 15 is 0 Å². The number of esters is 1. The summed E-state index contributed by atoms with van der Waals surface area (Å²) in [6.45, 7) is 0. The minimum Gasteiger partial charge on any atom is -0.465 e. The van der Waals surface area contributed by atoms with Gasteiger partial charge in [-0.25, -0.2) is 9.78 Å². The highest BCUT2D eigenvalue weighted by Crippen LogP contribution is 2.18. The number of nitrogens with zero attached hydrogens (tertiary/aromatic N) is 1. The van der Waals surface area contributed by atoms with E-state index < -0.39 is 5.97 Å². The third-order valence-electron chi connectivity index (χ3n) is 1.28. The van der Waals surface area contributed by atoms with Gasteiger partial charge in [0.05, 0.1) is 12.7 Å². The van der Waals surface area contributed by atoms with Gasteiger partial charge in [-0.1, -0.05) is 0 Å². The molecule has 0 fully saturated rings. The van der Waals surface area contributed by atoms with Crippen molar-refractivity contribution in [1.29, 1.82) is 0 Å². The van der Waals surface area contributed by atoms with E-state index in [0.717, 1.165) is 0 Å². The van der Waals surface area contributed by atoms with Crippen molar-refractivity contribution in [3.05, 3.63) is 22.3 Å². The van der Waals surface area contributed by atoms with Crippen molar-refractivity contribution in [2.24, 2.45) is 0 Å². The number of hydrogen-bond acceptors (Lipinski definition) is 4. The molecule has 4 nitrogen and oxygen atoms in total. The molecule has 1 heterocycles. The zero-order chi connectivity index (χ0) is 9.14. The van der Waals surface area contributed by atoms with Crippen LogP contribution in [-0.2, 0) is 4.74 Å². The quantitative estimate of drug-likeness (QED) is 0.737. The Morgan fingerprint density at radius 3 is 2.92 bits per heavy atom. The fourth-order valence-electron chi connectivity index (χ4n) is 0.706. The van der Waals surface area contributed by atoms with Gasteiger partial charge in [0.25, 0.3) is 0 Å². The summed E-state index contributed by atoms with van der Waals surface area (Å²) in [7, 11) is 1.31. The van der Waals surface area contributed by atoms with Crippen LogP contribution in [0.3, 0.4) is 0 Å². The summed E-state index contributed by atoms with van der Waals surface area (Å²) < 4.78 is 5.09. The van der Waals surface area contributed by atoms with Crippen molar-refractivity contribution in [1.82, 2.24) is 4.98 Å². The third kappa shape index (κ3) is 1.73. The molecule has 0 amide bonds. The molecule has 0 aliphatic rings. The molecular formula is C7H7BrN2O2. The fraction of sp³-hybridized carbons (Fsp3) is 0.143. The Morgan fingerprint density at radius 1 is 1.75 bits per heavy atom. The van der Waals surface area contributed by atoms with Gasteiger partial charge in [0.2, 0.25) is 0 Å². The molecule has 1 aromatic rings. The maximum Gasteiger partial charge on any atom is 0.340 e. The third-order valence-corrected chi connectivity index (χ3v) is 1.94. The SMILES string of the molecule is COC(=O)c1cnc(N)cc1Br. The van der Waals surface area contributed by atoms with Crippen LogP contribution in [0.15, 0.2) is 16.7 Å². The molecule has 0 saturated heterocycles. The van der Waals surface area contributed by atoms with Crippen LogP contribution in [0.2, 0.25) is 0 Å². The molecule has 0 aliphatic carbocycles. The van der Waals surface area contributed by atoms with Gasteiger partial charge in [-0.3, -0.25) is 0 Å². The number of nitrogens with two attached hydrogens (primary N) is 1. The lowest BCUT2D eigenvalue weighted by Crippen LogP contribution is -2.03.